The van der Waals surface area contributed by atoms with Crippen LogP contribution in [0.15, 0.2) is 0 Å². The fourth-order valence-corrected chi connectivity index (χ4v) is 3.38. The summed E-state index contributed by atoms with van der Waals surface area (Å²) in [6, 6.07) is 0. The topological polar surface area (TPSA) is 52.3 Å². The van der Waals surface area contributed by atoms with Gasteiger partial charge in [0.2, 0.25) is 0 Å². The molecule has 0 aromatic carbocycles. The zero-order chi connectivity index (χ0) is 12.4. The largest absolute Gasteiger partial charge is 0.469 e. The highest BCUT2D eigenvalue weighted by atomic mass is 16.5. The van der Waals surface area contributed by atoms with Gasteiger partial charge in [0, 0.05) is 11.0 Å². The van der Waals surface area contributed by atoms with Crippen molar-refractivity contribution in [3.63, 3.8) is 0 Å². The summed E-state index contributed by atoms with van der Waals surface area (Å²) in [5.41, 5.74) is 5.94. The van der Waals surface area contributed by atoms with Crippen molar-refractivity contribution in [3.8, 4) is 0 Å². The molecule has 0 aliphatic heterocycles. The van der Waals surface area contributed by atoms with Crippen LogP contribution in [0.2, 0.25) is 0 Å². The van der Waals surface area contributed by atoms with Gasteiger partial charge in [0.15, 0.2) is 0 Å². The Hall–Kier alpha value is -0.570. The van der Waals surface area contributed by atoms with Crippen LogP contribution >= 0.6 is 0 Å². The molecular formula is C13H25NO2. The lowest BCUT2D eigenvalue weighted by atomic mass is 9.62. The smallest absolute Gasteiger partial charge is 0.306 e. The molecule has 94 valence electrons. The molecule has 3 nitrogen and oxygen atoms in total. The zero-order valence-electron chi connectivity index (χ0n) is 11.0. The summed E-state index contributed by atoms with van der Waals surface area (Å²) in [5.74, 6) is 0.422. The fourth-order valence-electron chi connectivity index (χ4n) is 3.38. The third-order valence-corrected chi connectivity index (χ3v) is 4.42. The molecule has 3 heteroatoms. The average Bonchev–Trinajstić information content (AvgIpc) is 2.61. The van der Waals surface area contributed by atoms with Gasteiger partial charge in [-0.3, -0.25) is 4.79 Å². The lowest BCUT2D eigenvalue weighted by Gasteiger charge is -2.45. The molecule has 16 heavy (non-hydrogen) atoms. The minimum absolute atomic E-state index is 0.0746. The number of ether oxygens (including phenoxy) is 1. The Morgan fingerprint density at radius 1 is 1.56 bits per heavy atom. The first kappa shape index (κ1) is 13.5. The first-order valence-electron chi connectivity index (χ1n) is 6.23. The summed E-state index contributed by atoms with van der Waals surface area (Å²) in [7, 11) is 1.45. The first-order valence-corrected chi connectivity index (χ1v) is 6.23. The number of esters is 1. The molecule has 0 bridgehead atoms. The van der Waals surface area contributed by atoms with Gasteiger partial charge in [-0.15, -0.1) is 0 Å². The first-order chi connectivity index (χ1) is 7.37. The van der Waals surface area contributed by atoms with Crippen LogP contribution in [0.4, 0.5) is 0 Å². The number of hydrogen-bond donors (Lipinski definition) is 1. The molecule has 1 rings (SSSR count). The van der Waals surface area contributed by atoms with Crippen molar-refractivity contribution in [1.29, 1.82) is 0 Å². The van der Waals surface area contributed by atoms with Crippen LogP contribution in [0, 0.1) is 11.3 Å². The maximum atomic E-state index is 11.6. The van der Waals surface area contributed by atoms with Crippen molar-refractivity contribution in [2.45, 2.75) is 58.4 Å². The number of methoxy groups -OCH3 is 1. The van der Waals surface area contributed by atoms with Gasteiger partial charge in [-0.2, -0.15) is 0 Å². The van der Waals surface area contributed by atoms with E-state index in [1.807, 2.05) is 13.8 Å². The second kappa shape index (κ2) is 4.74. The molecule has 2 atom stereocenters. The summed E-state index contributed by atoms with van der Waals surface area (Å²) in [4.78, 5) is 11.6. The SMILES string of the molecule is CCC1CCCC1(CC(=O)OC)C(C)(C)N. The van der Waals surface area contributed by atoms with Gasteiger partial charge in [-0.05, 0) is 32.6 Å². The van der Waals surface area contributed by atoms with Crippen LogP contribution in [-0.4, -0.2) is 18.6 Å². The Morgan fingerprint density at radius 2 is 2.19 bits per heavy atom. The Bertz CT molecular complexity index is 257. The molecule has 2 unspecified atom stereocenters. The predicted octanol–water partition coefficient (Wildman–Crippen LogP) is 2.48. The van der Waals surface area contributed by atoms with Crippen molar-refractivity contribution in [1.82, 2.24) is 0 Å². The molecular weight excluding hydrogens is 202 g/mol. The second-order valence-electron chi connectivity index (χ2n) is 5.63. The number of hydrogen-bond acceptors (Lipinski definition) is 3. The third-order valence-electron chi connectivity index (χ3n) is 4.42. The molecule has 0 aromatic rings. The number of carbonyl (C=O) groups is 1. The minimum atomic E-state index is -0.321. The van der Waals surface area contributed by atoms with Crippen molar-refractivity contribution in [2.75, 3.05) is 7.11 Å². The van der Waals surface area contributed by atoms with Crippen LogP contribution in [0.1, 0.15) is 52.9 Å². The minimum Gasteiger partial charge on any atom is -0.469 e. The van der Waals surface area contributed by atoms with Crippen LogP contribution in [0.25, 0.3) is 0 Å². The Labute approximate surface area is 98.7 Å². The molecule has 1 aliphatic rings. The normalized spacial score (nSPS) is 30.4. The maximum absolute atomic E-state index is 11.6. The zero-order valence-corrected chi connectivity index (χ0v) is 11.0. The van der Waals surface area contributed by atoms with E-state index in [-0.39, 0.29) is 16.9 Å². The number of nitrogens with two attached hydrogens (primary N) is 1. The van der Waals surface area contributed by atoms with E-state index < -0.39 is 0 Å². The standard InChI is InChI=1S/C13H25NO2/c1-5-10-7-6-8-13(10,12(2,3)14)9-11(15)16-4/h10H,5-9,14H2,1-4H3. The number of rotatable bonds is 4. The third kappa shape index (κ3) is 2.24. The molecule has 1 saturated carbocycles. The molecule has 0 saturated heterocycles. The van der Waals surface area contributed by atoms with Gasteiger partial charge in [-0.25, -0.2) is 0 Å². The highest BCUT2D eigenvalue weighted by Crippen LogP contribution is 2.53. The van der Waals surface area contributed by atoms with Gasteiger partial charge in [0.1, 0.15) is 0 Å². The number of carbonyl (C=O) groups excluding carboxylic acids is 1. The van der Waals surface area contributed by atoms with Crippen LogP contribution in [-0.2, 0) is 9.53 Å². The van der Waals surface area contributed by atoms with E-state index >= 15 is 0 Å². The molecule has 1 fully saturated rings. The van der Waals surface area contributed by atoms with E-state index in [9.17, 15) is 4.79 Å². The Kier molecular flexibility index (Phi) is 4.00. The lowest BCUT2D eigenvalue weighted by Crippen LogP contribution is -2.53. The van der Waals surface area contributed by atoms with Crippen molar-refractivity contribution in [3.05, 3.63) is 0 Å². The molecule has 0 spiro atoms. The summed E-state index contributed by atoms with van der Waals surface area (Å²) >= 11 is 0. The predicted molar refractivity (Wildman–Crippen MR) is 65.0 cm³/mol. The van der Waals surface area contributed by atoms with Crippen molar-refractivity contribution in [2.24, 2.45) is 17.1 Å². The summed E-state index contributed by atoms with van der Waals surface area (Å²) in [6.45, 7) is 6.28. The van der Waals surface area contributed by atoms with Gasteiger partial charge in [0.05, 0.1) is 13.5 Å². The van der Waals surface area contributed by atoms with E-state index in [0.29, 0.717) is 12.3 Å². The van der Waals surface area contributed by atoms with Gasteiger partial charge < -0.3 is 10.5 Å². The van der Waals surface area contributed by atoms with Crippen LogP contribution < -0.4 is 5.73 Å². The van der Waals surface area contributed by atoms with E-state index in [4.69, 9.17) is 10.5 Å². The Morgan fingerprint density at radius 3 is 2.62 bits per heavy atom. The second-order valence-corrected chi connectivity index (χ2v) is 5.63. The molecule has 0 amide bonds. The molecule has 2 N–H and O–H groups in total. The van der Waals surface area contributed by atoms with Gasteiger partial charge in [0.25, 0.3) is 0 Å². The Balaban J connectivity index is 2.97. The van der Waals surface area contributed by atoms with E-state index in [2.05, 4.69) is 6.92 Å². The van der Waals surface area contributed by atoms with Crippen molar-refractivity contribution >= 4 is 5.97 Å². The van der Waals surface area contributed by atoms with E-state index in [1.54, 1.807) is 0 Å². The molecule has 0 aromatic heterocycles. The average molecular weight is 227 g/mol. The molecule has 0 radical (unpaired) electrons. The summed E-state index contributed by atoms with van der Waals surface area (Å²) < 4.78 is 4.83. The summed E-state index contributed by atoms with van der Waals surface area (Å²) in [5, 5.41) is 0. The van der Waals surface area contributed by atoms with Crippen molar-refractivity contribution < 1.29 is 9.53 Å². The van der Waals surface area contributed by atoms with Gasteiger partial charge >= 0.3 is 5.97 Å². The maximum Gasteiger partial charge on any atom is 0.306 e. The van der Waals surface area contributed by atoms with E-state index in [1.165, 1.54) is 20.0 Å². The highest BCUT2D eigenvalue weighted by molar-refractivity contribution is 5.70. The van der Waals surface area contributed by atoms with Gasteiger partial charge in [-0.1, -0.05) is 19.8 Å². The van der Waals surface area contributed by atoms with E-state index in [0.717, 1.165) is 12.8 Å². The highest BCUT2D eigenvalue weighted by Gasteiger charge is 2.51. The van der Waals surface area contributed by atoms with Crippen LogP contribution in [0.5, 0.6) is 0 Å². The lowest BCUT2D eigenvalue weighted by molar-refractivity contribution is -0.145. The monoisotopic (exact) mass is 227 g/mol. The molecule has 0 heterocycles. The van der Waals surface area contributed by atoms with Crippen LogP contribution in [0.3, 0.4) is 0 Å². The summed E-state index contributed by atoms with van der Waals surface area (Å²) in [6.07, 6.45) is 4.97. The molecule has 1 aliphatic carbocycles. The quantitative estimate of drug-likeness (QED) is 0.751. The fraction of sp³-hybridized carbons (Fsp3) is 0.923.